The Labute approximate surface area is 135 Å². The lowest BCUT2D eigenvalue weighted by molar-refractivity contribution is -0.123. The number of aryl methyl sites for hydroxylation is 2. The van der Waals surface area contributed by atoms with Crippen LogP contribution in [-0.2, 0) is 24.2 Å². The quantitative estimate of drug-likeness (QED) is 0.919. The number of carbonyl (C=O) groups is 1. The van der Waals surface area contributed by atoms with Crippen LogP contribution in [0.1, 0.15) is 29.5 Å². The van der Waals surface area contributed by atoms with Crippen molar-refractivity contribution in [2.75, 3.05) is 6.61 Å². The van der Waals surface area contributed by atoms with Crippen LogP contribution in [0.5, 0.6) is 5.75 Å². The molecule has 1 aliphatic carbocycles. The second-order valence-corrected chi connectivity index (χ2v) is 5.79. The van der Waals surface area contributed by atoms with Gasteiger partial charge in [-0.2, -0.15) is 0 Å². The summed E-state index contributed by atoms with van der Waals surface area (Å²) in [4.78, 5) is 11.8. The largest absolute Gasteiger partial charge is 0.484 e. The molecule has 2 aromatic carbocycles. The highest BCUT2D eigenvalue weighted by Gasteiger charge is 2.11. The van der Waals surface area contributed by atoms with Gasteiger partial charge in [-0.25, -0.2) is 4.39 Å². The predicted molar refractivity (Wildman–Crippen MR) is 86.8 cm³/mol. The van der Waals surface area contributed by atoms with Crippen molar-refractivity contribution in [3.05, 3.63) is 65.0 Å². The van der Waals surface area contributed by atoms with Crippen LogP contribution in [0.25, 0.3) is 0 Å². The zero-order chi connectivity index (χ0) is 16.1. The number of halogens is 1. The van der Waals surface area contributed by atoms with Crippen LogP contribution in [0.3, 0.4) is 0 Å². The maximum Gasteiger partial charge on any atom is 0.258 e. The average molecular weight is 313 g/mol. The number of nitrogens with one attached hydrogen (secondary N) is 1. The highest BCUT2D eigenvalue weighted by Crippen LogP contribution is 2.25. The van der Waals surface area contributed by atoms with E-state index in [0.29, 0.717) is 11.3 Å². The molecule has 23 heavy (non-hydrogen) atoms. The van der Waals surface area contributed by atoms with E-state index < -0.39 is 0 Å². The van der Waals surface area contributed by atoms with Gasteiger partial charge in [0, 0.05) is 12.1 Å². The standard InChI is InChI=1S/C19H20FNO2/c20-18-8-4-3-7-16(18)12-21-19(22)13-23-17-10-9-14-5-1-2-6-15(14)11-17/h3-4,7-11H,1-2,5-6,12-13H2,(H,21,22). The Bertz CT molecular complexity index is 700. The number of rotatable bonds is 5. The van der Waals surface area contributed by atoms with Crippen molar-refractivity contribution in [1.29, 1.82) is 0 Å². The van der Waals surface area contributed by atoms with E-state index >= 15 is 0 Å². The summed E-state index contributed by atoms with van der Waals surface area (Å²) in [6, 6.07) is 12.4. The smallest absolute Gasteiger partial charge is 0.258 e. The molecule has 0 saturated heterocycles. The lowest BCUT2D eigenvalue weighted by Crippen LogP contribution is -2.28. The summed E-state index contributed by atoms with van der Waals surface area (Å²) < 4.78 is 19.0. The number of hydrogen-bond donors (Lipinski definition) is 1. The first-order valence-electron chi connectivity index (χ1n) is 7.97. The Balaban J connectivity index is 1.50. The zero-order valence-corrected chi connectivity index (χ0v) is 13.0. The van der Waals surface area contributed by atoms with Crippen LogP contribution in [0, 0.1) is 5.82 Å². The summed E-state index contributed by atoms with van der Waals surface area (Å²) in [5.41, 5.74) is 3.17. The van der Waals surface area contributed by atoms with Gasteiger partial charge in [0.1, 0.15) is 11.6 Å². The van der Waals surface area contributed by atoms with Gasteiger partial charge in [0.05, 0.1) is 0 Å². The Morgan fingerprint density at radius 3 is 2.70 bits per heavy atom. The van der Waals surface area contributed by atoms with Gasteiger partial charge < -0.3 is 10.1 Å². The van der Waals surface area contributed by atoms with Crippen LogP contribution in [0.4, 0.5) is 4.39 Å². The Hall–Kier alpha value is -2.36. The van der Waals surface area contributed by atoms with E-state index in [1.54, 1.807) is 18.2 Å². The van der Waals surface area contributed by atoms with E-state index in [1.807, 2.05) is 12.1 Å². The summed E-state index contributed by atoms with van der Waals surface area (Å²) in [6.45, 7) is 0.103. The van der Waals surface area contributed by atoms with Crippen LogP contribution in [0.15, 0.2) is 42.5 Å². The molecule has 0 fully saturated rings. The van der Waals surface area contributed by atoms with E-state index in [9.17, 15) is 9.18 Å². The summed E-state index contributed by atoms with van der Waals surface area (Å²) in [6.07, 6.45) is 4.65. The van der Waals surface area contributed by atoms with Crippen LogP contribution in [-0.4, -0.2) is 12.5 Å². The highest BCUT2D eigenvalue weighted by molar-refractivity contribution is 5.77. The van der Waals surface area contributed by atoms with Crippen LogP contribution in [0.2, 0.25) is 0 Å². The van der Waals surface area contributed by atoms with Crippen molar-refractivity contribution >= 4 is 5.91 Å². The molecule has 0 saturated carbocycles. The molecule has 2 aromatic rings. The number of amides is 1. The minimum atomic E-state index is -0.316. The first-order chi connectivity index (χ1) is 11.2. The number of carbonyl (C=O) groups excluding carboxylic acids is 1. The normalized spacial score (nSPS) is 13.3. The van der Waals surface area contributed by atoms with Crippen molar-refractivity contribution in [2.45, 2.75) is 32.2 Å². The monoisotopic (exact) mass is 313 g/mol. The lowest BCUT2D eigenvalue weighted by Gasteiger charge is -2.16. The topological polar surface area (TPSA) is 38.3 Å². The molecule has 1 N–H and O–H groups in total. The van der Waals surface area contributed by atoms with E-state index in [0.717, 1.165) is 12.8 Å². The SMILES string of the molecule is O=C(COc1ccc2c(c1)CCCC2)NCc1ccccc1F. The van der Waals surface area contributed by atoms with E-state index in [2.05, 4.69) is 11.4 Å². The minimum absolute atomic E-state index is 0.0623. The van der Waals surface area contributed by atoms with Gasteiger partial charge in [0.25, 0.3) is 5.91 Å². The molecule has 0 spiro atoms. The molecular weight excluding hydrogens is 293 g/mol. The maximum absolute atomic E-state index is 13.5. The van der Waals surface area contributed by atoms with Gasteiger partial charge in [0.15, 0.2) is 6.61 Å². The molecule has 0 heterocycles. The van der Waals surface area contributed by atoms with Crippen molar-refractivity contribution in [2.24, 2.45) is 0 Å². The molecule has 1 aliphatic rings. The second-order valence-electron chi connectivity index (χ2n) is 5.79. The third-order valence-corrected chi connectivity index (χ3v) is 4.12. The lowest BCUT2D eigenvalue weighted by atomic mass is 9.92. The average Bonchev–Trinajstić information content (AvgIpc) is 2.59. The molecule has 0 unspecified atom stereocenters. The summed E-state index contributed by atoms with van der Waals surface area (Å²) >= 11 is 0. The number of ether oxygens (including phenoxy) is 1. The van der Waals surface area contributed by atoms with E-state index in [-0.39, 0.29) is 24.9 Å². The number of hydrogen-bond acceptors (Lipinski definition) is 2. The van der Waals surface area contributed by atoms with E-state index in [4.69, 9.17) is 4.74 Å². The van der Waals surface area contributed by atoms with Crippen LogP contribution >= 0.6 is 0 Å². The van der Waals surface area contributed by atoms with Crippen molar-refractivity contribution in [3.63, 3.8) is 0 Å². The molecular formula is C19H20FNO2. The molecule has 1 amide bonds. The third kappa shape index (κ3) is 4.09. The third-order valence-electron chi connectivity index (χ3n) is 4.12. The summed E-state index contributed by atoms with van der Waals surface area (Å²) in [5, 5.41) is 2.67. The number of benzene rings is 2. The van der Waals surface area contributed by atoms with Crippen LogP contribution < -0.4 is 10.1 Å². The first-order valence-corrected chi connectivity index (χ1v) is 7.97. The minimum Gasteiger partial charge on any atom is -0.484 e. The molecule has 0 radical (unpaired) electrons. The van der Waals surface area contributed by atoms with Gasteiger partial charge in [-0.3, -0.25) is 4.79 Å². The molecule has 3 nitrogen and oxygen atoms in total. The van der Waals surface area contributed by atoms with Gasteiger partial charge in [0.2, 0.25) is 0 Å². The molecule has 120 valence electrons. The summed E-state index contributed by atoms with van der Waals surface area (Å²) in [7, 11) is 0. The van der Waals surface area contributed by atoms with Gasteiger partial charge in [-0.1, -0.05) is 24.3 Å². The number of fused-ring (bicyclic) bond motifs is 1. The Morgan fingerprint density at radius 2 is 1.87 bits per heavy atom. The fourth-order valence-electron chi connectivity index (χ4n) is 2.84. The van der Waals surface area contributed by atoms with Gasteiger partial charge in [-0.05, 0) is 55.0 Å². The zero-order valence-electron chi connectivity index (χ0n) is 13.0. The fourth-order valence-corrected chi connectivity index (χ4v) is 2.84. The van der Waals surface area contributed by atoms with Gasteiger partial charge >= 0.3 is 0 Å². The fraction of sp³-hybridized carbons (Fsp3) is 0.316. The molecule has 0 bridgehead atoms. The predicted octanol–water partition coefficient (Wildman–Crippen LogP) is 3.40. The van der Waals surface area contributed by atoms with Crippen molar-refractivity contribution < 1.29 is 13.9 Å². The Kier molecular flexibility index (Phi) is 4.91. The molecule has 0 aliphatic heterocycles. The van der Waals surface area contributed by atoms with Gasteiger partial charge in [-0.15, -0.1) is 0 Å². The molecule has 0 aromatic heterocycles. The first kappa shape index (κ1) is 15.5. The molecule has 0 atom stereocenters. The summed E-state index contributed by atoms with van der Waals surface area (Å²) in [5.74, 6) is 0.140. The van der Waals surface area contributed by atoms with Crippen molar-refractivity contribution in [1.82, 2.24) is 5.32 Å². The molecule has 3 rings (SSSR count). The van der Waals surface area contributed by atoms with Crippen molar-refractivity contribution in [3.8, 4) is 5.75 Å². The Morgan fingerprint density at radius 1 is 1.09 bits per heavy atom. The second kappa shape index (κ2) is 7.27. The highest BCUT2D eigenvalue weighted by atomic mass is 19.1. The molecule has 4 heteroatoms. The maximum atomic E-state index is 13.5. The van der Waals surface area contributed by atoms with E-state index in [1.165, 1.54) is 30.0 Å².